The van der Waals surface area contributed by atoms with Crippen molar-refractivity contribution < 1.29 is 0 Å². The van der Waals surface area contributed by atoms with Crippen molar-refractivity contribution >= 4 is 35.6 Å². The van der Waals surface area contributed by atoms with Crippen LogP contribution >= 0.6 is 24.0 Å². The number of rotatable bonds is 8. The van der Waals surface area contributed by atoms with Gasteiger partial charge in [-0.15, -0.1) is 34.2 Å². The Morgan fingerprint density at radius 1 is 1.21 bits per heavy atom. The summed E-state index contributed by atoms with van der Waals surface area (Å²) in [7, 11) is 1.78. The third-order valence-corrected chi connectivity index (χ3v) is 3.73. The fraction of sp³-hybridized carbons (Fsp3) is 0.562. The Balaban J connectivity index is 0.00000288. The average Bonchev–Trinajstić information content (AvgIpc) is 3.00. The zero-order chi connectivity index (χ0) is 16.5. The van der Waals surface area contributed by atoms with Crippen LogP contribution in [-0.2, 0) is 6.54 Å². The molecule has 0 saturated carbocycles. The van der Waals surface area contributed by atoms with Crippen molar-refractivity contribution in [3.05, 3.63) is 30.2 Å². The van der Waals surface area contributed by atoms with Gasteiger partial charge in [-0.05, 0) is 31.6 Å². The molecule has 2 rings (SSSR count). The number of nitrogens with one attached hydrogen (secondary N) is 2. The molecule has 0 spiro atoms. The highest BCUT2D eigenvalue weighted by molar-refractivity contribution is 14.0. The molecule has 0 aromatic carbocycles. The normalized spacial score (nSPS) is 11.6. The summed E-state index contributed by atoms with van der Waals surface area (Å²) >= 11 is 0. The van der Waals surface area contributed by atoms with Gasteiger partial charge in [-0.3, -0.25) is 9.39 Å². The fourth-order valence-corrected chi connectivity index (χ4v) is 2.47. The number of halogens is 1. The molecule has 7 nitrogen and oxygen atoms in total. The lowest BCUT2D eigenvalue weighted by atomic mass is 10.4. The minimum Gasteiger partial charge on any atom is -0.355 e. The summed E-state index contributed by atoms with van der Waals surface area (Å²) in [6.45, 7) is 9.08. The second kappa shape index (κ2) is 11.2. The number of guanidine groups is 1. The molecule has 0 aliphatic heterocycles. The van der Waals surface area contributed by atoms with Crippen LogP contribution in [0.1, 0.15) is 26.1 Å². The average molecular weight is 445 g/mol. The smallest absolute Gasteiger partial charge is 0.191 e. The Morgan fingerprint density at radius 3 is 2.75 bits per heavy atom. The van der Waals surface area contributed by atoms with Crippen LogP contribution in [-0.4, -0.2) is 58.7 Å². The first-order valence-electron chi connectivity index (χ1n) is 8.24. The van der Waals surface area contributed by atoms with Gasteiger partial charge in [-0.2, -0.15) is 0 Å². The fourth-order valence-electron chi connectivity index (χ4n) is 2.47. The maximum Gasteiger partial charge on any atom is 0.191 e. The standard InChI is InChI=1S/C16H27N7.HI/c1-4-10-22(5-2)12-9-18-16(17-3)19-13-15-21-20-14-8-6-7-11-23(14)15;/h6-8,11H,4-5,9-10,12-13H2,1-3H3,(H2,17,18,19);1H. The topological polar surface area (TPSA) is 69.8 Å². The van der Waals surface area contributed by atoms with Crippen molar-refractivity contribution in [1.29, 1.82) is 0 Å². The first-order valence-corrected chi connectivity index (χ1v) is 8.24. The van der Waals surface area contributed by atoms with Gasteiger partial charge < -0.3 is 15.5 Å². The van der Waals surface area contributed by atoms with Crippen molar-refractivity contribution in [1.82, 2.24) is 30.1 Å². The van der Waals surface area contributed by atoms with Crippen LogP contribution in [0.25, 0.3) is 5.65 Å². The molecule has 0 atom stereocenters. The lowest BCUT2D eigenvalue weighted by molar-refractivity contribution is 0.293. The maximum atomic E-state index is 4.25. The molecule has 2 aromatic rings. The van der Waals surface area contributed by atoms with Gasteiger partial charge in [-0.25, -0.2) is 0 Å². The van der Waals surface area contributed by atoms with Gasteiger partial charge >= 0.3 is 0 Å². The maximum absolute atomic E-state index is 4.25. The highest BCUT2D eigenvalue weighted by Gasteiger charge is 2.06. The third-order valence-electron chi connectivity index (χ3n) is 3.73. The van der Waals surface area contributed by atoms with Crippen LogP contribution in [0.4, 0.5) is 0 Å². The zero-order valence-corrected chi connectivity index (χ0v) is 17.0. The number of hydrogen-bond acceptors (Lipinski definition) is 4. The molecule has 0 unspecified atom stereocenters. The number of fused-ring (bicyclic) bond motifs is 1. The van der Waals surface area contributed by atoms with Crippen molar-refractivity contribution in [2.75, 3.05) is 33.2 Å². The molecule has 0 saturated heterocycles. The van der Waals surface area contributed by atoms with Crippen LogP contribution in [0.15, 0.2) is 29.4 Å². The van der Waals surface area contributed by atoms with Gasteiger partial charge in [0.05, 0.1) is 6.54 Å². The molecule has 0 radical (unpaired) electrons. The Labute approximate surface area is 161 Å². The number of pyridine rings is 1. The molecule has 0 aliphatic carbocycles. The minimum atomic E-state index is 0. The summed E-state index contributed by atoms with van der Waals surface area (Å²) in [5.41, 5.74) is 0.852. The molecule has 2 heterocycles. The van der Waals surface area contributed by atoms with Crippen LogP contribution in [0.3, 0.4) is 0 Å². The van der Waals surface area contributed by atoms with Crippen LogP contribution in [0.5, 0.6) is 0 Å². The van der Waals surface area contributed by atoms with Crippen molar-refractivity contribution in [2.45, 2.75) is 26.8 Å². The van der Waals surface area contributed by atoms with Crippen molar-refractivity contribution in [3.63, 3.8) is 0 Å². The number of aromatic nitrogens is 3. The van der Waals surface area contributed by atoms with Gasteiger partial charge in [0.1, 0.15) is 0 Å². The molecule has 24 heavy (non-hydrogen) atoms. The first kappa shape index (κ1) is 20.6. The van der Waals surface area contributed by atoms with Gasteiger partial charge in [0, 0.05) is 26.3 Å². The summed E-state index contributed by atoms with van der Waals surface area (Å²) in [4.78, 5) is 6.68. The second-order valence-electron chi connectivity index (χ2n) is 5.33. The zero-order valence-electron chi connectivity index (χ0n) is 14.7. The van der Waals surface area contributed by atoms with Crippen LogP contribution in [0, 0.1) is 0 Å². The number of likely N-dealkylation sites (N-methyl/N-ethyl adjacent to an activating group) is 1. The number of nitrogens with zero attached hydrogens (tertiary/aromatic N) is 5. The molecular formula is C16H28IN7. The van der Waals surface area contributed by atoms with Crippen LogP contribution in [0.2, 0.25) is 0 Å². The van der Waals surface area contributed by atoms with Crippen molar-refractivity contribution in [3.8, 4) is 0 Å². The Kier molecular flexibility index (Phi) is 9.62. The highest BCUT2D eigenvalue weighted by atomic mass is 127. The number of hydrogen-bond donors (Lipinski definition) is 2. The monoisotopic (exact) mass is 445 g/mol. The predicted molar refractivity (Wildman–Crippen MR) is 109 cm³/mol. The molecule has 0 fully saturated rings. The molecule has 0 aliphatic rings. The van der Waals surface area contributed by atoms with E-state index in [4.69, 9.17) is 0 Å². The molecule has 0 bridgehead atoms. The van der Waals surface area contributed by atoms with E-state index in [-0.39, 0.29) is 24.0 Å². The highest BCUT2D eigenvalue weighted by Crippen LogP contribution is 2.02. The third kappa shape index (κ3) is 5.90. The quantitative estimate of drug-likeness (QED) is 0.368. The summed E-state index contributed by atoms with van der Waals surface area (Å²) in [5.74, 6) is 1.65. The van der Waals surface area contributed by atoms with E-state index in [0.717, 1.165) is 43.6 Å². The Hall–Kier alpha value is -1.42. The summed E-state index contributed by atoms with van der Waals surface area (Å²) in [5, 5.41) is 15.0. The molecular weight excluding hydrogens is 417 g/mol. The summed E-state index contributed by atoms with van der Waals surface area (Å²) < 4.78 is 1.97. The van der Waals surface area contributed by atoms with E-state index in [1.54, 1.807) is 7.05 Å². The Bertz CT molecular complexity index is 626. The van der Waals surface area contributed by atoms with Crippen LogP contribution < -0.4 is 10.6 Å². The molecule has 8 heteroatoms. The minimum absolute atomic E-state index is 0. The van der Waals surface area contributed by atoms with E-state index >= 15 is 0 Å². The van der Waals surface area contributed by atoms with E-state index in [9.17, 15) is 0 Å². The molecule has 2 N–H and O–H groups in total. The summed E-state index contributed by atoms with van der Waals surface area (Å²) in [6, 6.07) is 5.87. The lowest BCUT2D eigenvalue weighted by Crippen LogP contribution is -2.41. The number of aliphatic imine (C=N–C) groups is 1. The SMILES string of the molecule is CCCN(CC)CCNC(=NC)NCc1nnc2ccccn12.I. The molecule has 2 aromatic heterocycles. The van der Waals surface area contributed by atoms with Crippen molar-refractivity contribution in [2.24, 2.45) is 4.99 Å². The molecule has 0 amide bonds. The van der Waals surface area contributed by atoms with E-state index in [0.29, 0.717) is 6.54 Å². The van der Waals surface area contributed by atoms with Gasteiger partial charge in [0.15, 0.2) is 17.4 Å². The van der Waals surface area contributed by atoms with E-state index < -0.39 is 0 Å². The van der Waals surface area contributed by atoms with Gasteiger partial charge in [0.2, 0.25) is 0 Å². The summed E-state index contributed by atoms with van der Waals surface area (Å²) in [6.07, 6.45) is 3.15. The van der Waals surface area contributed by atoms with E-state index in [1.165, 1.54) is 6.42 Å². The van der Waals surface area contributed by atoms with Gasteiger partial charge in [-0.1, -0.05) is 19.9 Å². The lowest BCUT2D eigenvalue weighted by Gasteiger charge is -2.20. The second-order valence-corrected chi connectivity index (χ2v) is 5.33. The predicted octanol–water partition coefficient (Wildman–Crippen LogP) is 1.74. The molecule has 134 valence electrons. The first-order chi connectivity index (χ1) is 11.3. The largest absolute Gasteiger partial charge is 0.355 e. The Morgan fingerprint density at radius 2 is 2.04 bits per heavy atom. The van der Waals surface area contributed by atoms with E-state index in [2.05, 4.69) is 44.6 Å². The van der Waals surface area contributed by atoms with E-state index in [1.807, 2.05) is 28.8 Å². The van der Waals surface area contributed by atoms with Gasteiger partial charge in [0.25, 0.3) is 0 Å².